The lowest BCUT2D eigenvalue weighted by Crippen LogP contribution is -2.40. The fourth-order valence-corrected chi connectivity index (χ4v) is 4.22. The van der Waals surface area contributed by atoms with E-state index in [0.717, 1.165) is 31.6 Å². The molecular weight excluding hydrogens is 305 g/mol. The van der Waals surface area contributed by atoms with Crippen LogP contribution in [-0.4, -0.2) is 11.7 Å². The molecule has 4 heteroatoms. The lowest BCUT2D eigenvalue weighted by Gasteiger charge is -2.43. The van der Waals surface area contributed by atoms with Crippen molar-refractivity contribution < 1.29 is 5.11 Å². The molecule has 1 aromatic carbocycles. The predicted molar refractivity (Wildman–Crippen MR) is 89.8 cm³/mol. The number of hydrogen-bond acceptors (Lipinski definition) is 2. The number of nitrogens with two attached hydrogens (primary N) is 1. The Morgan fingerprint density at radius 3 is 2.33 bits per heavy atom. The summed E-state index contributed by atoms with van der Waals surface area (Å²) in [7, 11) is 0. The molecule has 0 aliphatic heterocycles. The maximum atomic E-state index is 10.9. The first-order valence-electron chi connectivity index (χ1n) is 7.86. The van der Waals surface area contributed by atoms with Gasteiger partial charge < -0.3 is 10.8 Å². The summed E-state index contributed by atoms with van der Waals surface area (Å²) in [6.07, 6.45) is 5.94. The Bertz CT molecular complexity index is 450. The van der Waals surface area contributed by atoms with Gasteiger partial charge in [0.1, 0.15) is 0 Å². The molecule has 2 nitrogen and oxygen atoms in total. The molecule has 3 N–H and O–H groups in total. The lowest BCUT2D eigenvalue weighted by molar-refractivity contribution is -0.0107. The predicted octanol–water partition coefficient (Wildman–Crippen LogP) is 4.96. The molecule has 0 spiro atoms. The van der Waals surface area contributed by atoms with Crippen molar-refractivity contribution >= 4 is 23.2 Å². The van der Waals surface area contributed by atoms with Gasteiger partial charge in [0.25, 0.3) is 0 Å². The average molecular weight is 330 g/mol. The molecule has 21 heavy (non-hydrogen) atoms. The third-order valence-corrected chi connectivity index (χ3v) is 5.72. The zero-order valence-electron chi connectivity index (χ0n) is 12.6. The second-order valence-corrected chi connectivity index (χ2v) is 7.15. The number of hydrogen-bond donors (Lipinski definition) is 2. The first-order chi connectivity index (χ1) is 10.0. The minimum absolute atomic E-state index is 0.293. The fourth-order valence-electron chi connectivity index (χ4n) is 3.62. The Balaban J connectivity index is 2.21. The molecule has 1 aliphatic carbocycles. The van der Waals surface area contributed by atoms with Crippen molar-refractivity contribution in [1.29, 1.82) is 0 Å². The second-order valence-electron chi connectivity index (χ2n) is 6.34. The summed E-state index contributed by atoms with van der Waals surface area (Å²) >= 11 is 12.5. The van der Waals surface area contributed by atoms with Crippen molar-refractivity contribution in [3.05, 3.63) is 33.8 Å². The minimum atomic E-state index is -0.689. The van der Waals surface area contributed by atoms with Crippen molar-refractivity contribution in [1.82, 2.24) is 0 Å². The van der Waals surface area contributed by atoms with Gasteiger partial charge in [-0.05, 0) is 43.7 Å². The van der Waals surface area contributed by atoms with Crippen LogP contribution in [0.5, 0.6) is 0 Å². The van der Waals surface area contributed by atoms with Gasteiger partial charge >= 0.3 is 0 Å². The van der Waals surface area contributed by atoms with Crippen LogP contribution in [-0.2, 0) is 0 Å². The van der Waals surface area contributed by atoms with Gasteiger partial charge in [-0.2, -0.15) is 0 Å². The van der Waals surface area contributed by atoms with E-state index in [9.17, 15) is 5.11 Å². The van der Waals surface area contributed by atoms with Gasteiger partial charge in [-0.1, -0.05) is 49.0 Å². The van der Waals surface area contributed by atoms with Crippen LogP contribution < -0.4 is 5.73 Å². The van der Waals surface area contributed by atoms with E-state index in [2.05, 4.69) is 6.92 Å². The average Bonchev–Trinajstić information content (AvgIpc) is 2.48. The molecule has 1 saturated carbocycles. The Morgan fingerprint density at radius 1 is 1.29 bits per heavy atom. The van der Waals surface area contributed by atoms with E-state index in [0.29, 0.717) is 22.2 Å². The fraction of sp³-hybridized carbons (Fsp3) is 0.647. The van der Waals surface area contributed by atoms with Gasteiger partial charge in [0.05, 0.1) is 6.10 Å². The highest BCUT2D eigenvalue weighted by molar-refractivity contribution is 6.36. The summed E-state index contributed by atoms with van der Waals surface area (Å²) in [5.74, 6) is 0.767. The highest BCUT2D eigenvalue weighted by Crippen LogP contribution is 2.50. The van der Waals surface area contributed by atoms with Crippen molar-refractivity contribution in [2.24, 2.45) is 17.1 Å². The molecular formula is C17H25Cl2NO. The summed E-state index contributed by atoms with van der Waals surface area (Å²) in [5, 5.41) is 12.0. The number of aliphatic hydroxyl groups is 1. The van der Waals surface area contributed by atoms with Gasteiger partial charge in [0.15, 0.2) is 0 Å². The molecule has 0 bridgehead atoms. The molecule has 0 heterocycles. The largest absolute Gasteiger partial charge is 0.388 e. The third kappa shape index (κ3) is 3.56. The van der Waals surface area contributed by atoms with E-state index < -0.39 is 6.10 Å². The Labute approximate surface area is 137 Å². The zero-order chi connectivity index (χ0) is 15.5. The van der Waals surface area contributed by atoms with Gasteiger partial charge in [-0.25, -0.2) is 0 Å². The molecule has 1 unspecified atom stereocenters. The molecule has 1 aliphatic rings. The van der Waals surface area contributed by atoms with Crippen LogP contribution in [0.25, 0.3) is 0 Å². The third-order valence-electron chi connectivity index (χ3n) is 5.06. The number of benzene rings is 1. The maximum Gasteiger partial charge on any atom is 0.0887 e. The van der Waals surface area contributed by atoms with E-state index in [-0.39, 0.29) is 5.41 Å². The smallest absolute Gasteiger partial charge is 0.0887 e. The van der Waals surface area contributed by atoms with Gasteiger partial charge in [-0.15, -0.1) is 0 Å². The summed E-state index contributed by atoms with van der Waals surface area (Å²) < 4.78 is 0. The second kappa shape index (κ2) is 7.32. The van der Waals surface area contributed by atoms with Gasteiger partial charge in [0.2, 0.25) is 0 Å². The van der Waals surface area contributed by atoms with Crippen LogP contribution >= 0.6 is 23.2 Å². The van der Waals surface area contributed by atoms with Crippen LogP contribution in [0.4, 0.5) is 0 Å². The standard InChI is InChI=1S/C17H25Cl2NO/c1-2-4-12-7-9-17(11-20,10-8-12)16(21)15-13(18)5-3-6-14(15)19/h3,5-6,12,16,21H,2,4,7-11,20H2,1H3. The Hall–Kier alpha value is -0.280. The minimum Gasteiger partial charge on any atom is -0.388 e. The van der Waals surface area contributed by atoms with Crippen molar-refractivity contribution in [2.75, 3.05) is 6.54 Å². The first kappa shape index (κ1) is 17.1. The first-order valence-corrected chi connectivity index (χ1v) is 8.61. The van der Waals surface area contributed by atoms with Crippen LogP contribution in [0, 0.1) is 11.3 Å². The van der Waals surface area contributed by atoms with Crippen LogP contribution in [0.1, 0.15) is 57.1 Å². The van der Waals surface area contributed by atoms with E-state index in [4.69, 9.17) is 28.9 Å². The monoisotopic (exact) mass is 329 g/mol. The number of rotatable bonds is 5. The van der Waals surface area contributed by atoms with E-state index in [1.165, 1.54) is 12.8 Å². The molecule has 1 fully saturated rings. The molecule has 0 amide bonds. The quantitative estimate of drug-likeness (QED) is 0.801. The molecule has 0 aromatic heterocycles. The molecule has 118 valence electrons. The summed E-state index contributed by atoms with van der Waals surface area (Å²) in [5.41, 5.74) is 6.40. The highest BCUT2D eigenvalue weighted by atomic mass is 35.5. The summed E-state index contributed by atoms with van der Waals surface area (Å²) in [6, 6.07) is 5.35. The van der Waals surface area contributed by atoms with Crippen molar-refractivity contribution in [3.8, 4) is 0 Å². The summed E-state index contributed by atoms with van der Waals surface area (Å²) in [6.45, 7) is 2.69. The molecule has 0 radical (unpaired) electrons. The Kier molecular flexibility index (Phi) is 5.96. The van der Waals surface area contributed by atoms with Gasteiger partial charge in [0, 0.05) is 27.6 Å². The molecule has 2 rings (SSSR count). The highest BCUT2D eigenvalue weighted by Gasteiger charge is 2.42. The van der Waals surface area contributed by atoms with Gasteiger partial charge in [-0.3, -0.25) is 0 Å². The number of halogens is 2. The van der Waals surface area contributed by atoms with Crippen LogP contribution in [0.2, 0.25) is 10.0 Å². The summed E-state index contributed by atoms with van der Waals surface area (Å²) in [4.78, 5) is 0. The zero-order valence-corrected chi connectivity index (χ0v) is 14.1. The van der Waals surface area contributed by atoms with E-state index in [1.54, 1.807) is 18.2 Å². The molecule has 1 aromatic rings. The van der Waals surface area contributed by atoms with Crippen molar-refractivity contribution in [3.63, 3.8) is 0 Å². The van der Waals surface area contributed by atoms with Crippen LogP contribution in [0.15, 0.2) is 18.2 Å². The van der Waals surface area contributed by atoms with Crippen LogP contribution in [0.3, 0.4) is 0 Å². The lowest BCUT2D eigenvalue weighted by atomic mass is 9.65. The molecule has 0 saturated heterocycles. The molecule has 1 atom stereocenters. The van der Waals surface area contributed by atoms with Crippen molar-refractivity contribution in [2.45, 2.75) is 51.6 Å². The SMILES string of the molecule is CCCC1CCC(CN)(C(O)c2c(Cl)cccc2Cl)CC1. The maximum absolute atomic E-state index is 10.9. The van der Waals surface area contributed by atoms with E-state index in [1.807, 2.05) is 0 Å². The topological polar surface area (TPSA) is 46.2 Å². The Morgan fingerprint density at radius 2 is 1.86 bits per heavy atom. The number of aliphatic hydroxyl groups excluding tert-OH is 1. The normalized spacial score (nSPS) is 27.6. The van der Waals surface area contributed by atoms with E-state index >= 15 is 0 Å².